The Bertz CT molecular complexity index is 614. The Kier molecular flexibility index (Phi) is 7.94. The third kappa shape index (κ3) is 6.11. The SMILES string of the molecule is C#CCC(C/C=C/c1ccccc1)(C(=O)OC(C)C)C(=O)OC(C)C. The molecule has 0 aliphatic rings. The second kappa shape index (κ2) is 9.68. The largest absolute Gasteiger partial charge is 0.462 e. The third-order valence-electron chi connectivity index (χ3n) is 3.45. The summed E-state index contributed by atoms with van der Waals surface area (Å²) in [5, 5.41) is 0. The predicted molar refractivity (Wildman–Crippen MR) is 98.4 cm³/mol. The minimum Gasteiger partial charge on any atom is -0.462 e. The van der Waals surface area contributed by atoms with Crippen molar-refractivity contribution in [3.63, 3.8) is 0 Å². The Hall–Kier alpha value is -2.54. The van der Waals surface area contributed by atoms with Gasteiger partial charge in [0.05, 0.1) is 12.2 Å². The van der Waals surface area contributed by atoms with E-state index in [0.29, 0.717) is 0 Å². The first kappa shape index (κ1) is 20.5. The first-order valence-corrected chi connectivity index (χ1v) is 8.39. The molecule has 1 aromatic rings. The maximum Gasteiger partial charge on any atom is 0.325 e. The molecule has 0 spiro atoms. The fourth-order valence-corrected chi connectivity index (χ4v) is 2.25. The van der Waals surface area contributed by atoms with Crippen molar-refractivity contribution in [1.29, 1.82) is 0 Å². The van der Waals surface area contributed by atoms with Crippen LogP contribution in [0.15, 0.2) is 36.4 Å². The topological polar surface area (TPSA) is 52.6 Å². The molecule has 1 aromatic carbocycles. The van der Waals surface area contributed by atoms with Gasteiger partial charge in [-0.1, -0.05) is 42.5 Å². The van der Waals surface area contributed by atoms with Gasteiger partial charge in [0.25, 0.3) is 0 Å². The van der Waals surface area contributed by atoms with Gasteiger partial charge in [0.1, 0.15) is 0 Å². The summed E-state index contributed by atoms with van der Waals surface area (Å²) in [6.07, 6.45) is 8.38. The van der Waals surface area contributed by atoms with Crippen molar-refractivity contribution in [3.8, 4) is 12.3 Å². The van der Waals surface area contributed by atoms with E-state index >= 15 is 0 Å². The molecule has 1 rings (SSSR count). The van der Waals surface area contributed by atoms with E-state index in [-0.39, 0.29) is 25.0 Å². The summed E-state index contributed by atoms with van der Waals surface area (Å²) in [7, 11) is 0. The molecule has 0 heterocycles. The van der Waals surface area contributed by atoms with Crippen LogP contribution >= 0.6 is 0 Å². The standard InChI is InChI=1S/C21H26O4/c1-6-14-21(19(22)24-16(2)3,20(23)25-17(4)5)15-10-13-18-11-8-7-9-12-18/h1,7-13,16-17H,14-15H2,2-5H3/b13-10+. The molecule has 4 heteroatoms. The quantitative estimate of drug-likeness (QED) is 0.407. The fourth-order valence-electron chi connectivity index (χ4n) is 2.25. The normalized spacial score (nSPS) is 11.6. The van der Waals surface area contributed by atoms with E-state index in [4.69, 9.17) is 15.9 Å². The number of ether oxygens (including phenoxy) is 2. The molecule has 0 amide bonds. The van der Waals surface area contributed by atoms with E-state index in [1.54, 1.807) is 33.8 Å². The number of terminal acetylenes is 1. The lowest BCUT2D eigenvalue weighted by atomic mass is 9.80. The van der Waals surface area contributed by atoms with E-state index < -0.39 is 17.4 Å². The van der Waals surface area contributed by atoms with Crippen molar-refractivity contribution in [2.45, 2.75) is 52.7 Å². The average molecular weight is 342 g/mol. The number of esters is 2. The number of carbonyl (C=O) groups excluding carboxylic acids is 2. The minimum absolute atomic E-state index is 0.0801. The van der Waals surface area contributed by atoms with E-state index in [1.165, 1.54) is 0 Å². The van der Waals surface area contributed by atoms with Gasteiger partial charge < -0.3 is 9.47 Å². The number of rotatable bonds is 8. The van der Waals surface area contributed by atoms with Crippen LogP contribution in [-0.4, -0.2) is 24.1 Å². The molecule has 134 valence electrons. The summed E-state index contributed by atoms with van der Waals surface area (Å²) in [5.41, 5.74) is -0.569. The van der Waals surface area contributed by atoms with Crippen LogP contribution in [0.25, 0.3) is 6.08 Å². The average Bonchev–Trinajstić information content (AvgIpc) is 2.53. The number of benzene rings is 1. The second-order valence-electron chi connectivity index (χ2n) is 6.39. The zero-order valence-corrected chi connectivity index (χ0v) is 15.3. The fraction of sp³-hybridized carbons (Fsp3) is 0.429. The molecule has 0 radical (unpaired) electrons. The van der Waals surface area contributed by atoms with Crippen molar-refractivity contribution in [3.05, 3.63) is 42.0 Å². The van der Waals surface area contributed by atoms with Gasteiger partial charge in [0.2, 0.25) is 0 Å². The summed E-state index contributed by atoms with van der Waals surface area (Å²) >= 11 is 0. The molecule has 4 nitrogen and oxygen atoms in total. The number of allylic oxidation sites excluding steroid dienone is 1. The smallest absolute Gasteiger partial charge is 0.325 e. The lowest BCUT2D eigenvalue weighted by molar-refractivity contribution is -0.176. The Labute approximate surface area is 150 Å². The molecule has 25 heavy (non-hydrogen) atoms. The highest BCUT2D eigenvalue weighted by Crippen LogP contribution is 2.32. The highest BCUT2D eigenvalue weighted by molar-refractivity contribution is 6.00. The lowest BCUT2D eigenvalue weighted by Gasteiger charge is -2.28. The molecule has 0 fully saturated rings. The van der Waals surface area contributed by atoms with E-state index in [0.717, 1.165) is 5.56 Å². The third-order valence-corrected chi connectivity index (χ3v) is 3.45. The van der Waals surface area contributed by atoms with Gasteiger partial charge in [-0.3, -0.25) is 9.59 Å². The van der Waals surface area contributed by atoms with Crippen molar-refractivity contribution in [2.75, 3.05) is 0 Å². The minimum atomic E-state index is -1.53. The van der Waals surface area contributed by atoms with Crippen LogP contribution in [0.3, 0.4) is 0 Å². The number of hydrogen-bond acceptors (Lipinski definition) is 4. The highest BCUT2D eigenvalue weighted by Gasteiger charge is 2.48. The molecule has 0 bridgehead atoms. The maximum atomic E-state index is 12.7. The summed E-state index contributed by atoms with van der Waals surface area (Å²) in [6, 6.07) is 9.60. The zero-order chi connectivity index (χ0) is 18.9. The molecule has 0 aliphatic heterocycles. The van der Waals surface area contributed by atoms with Gasteiger partial charge in [0, 0.05) is 6.42 Å². The van der Waals surface area contributed by atoms with Crippen molar-refractivity contribution in [2.24, 2.45) is 5.41 Å². The molecule has 0 atom stereocenters. The van der Waals surface area contributed by atoms with Crippen molar-refractivity contribution < 1.29 is 19.1 Å². The van der Waals surface area contributed by atoms with Crippen LogP contribution in [-0.2, 0) is 19.1 Å². The van der Waals surface area contributed by atoms with E-state index in [2.05, 4.69) is 5.92 Å². The van der Waals surface area contributed by atoms with Gasteiger partial charge in [-0.05, 0) is 39.7 Å². The Morgan fingerprint density at radius 3 is 2.04 bits per heavy atom. The molecule has 0 saturated heterocycles. The van der Waals surface area contributed by atoms with Gasteiger partial charge in [0.15, 0.2) is 5.41 Å². The van der Waals surface area contributed by atoms with Gasteiger partial charge in [-0.2, -0.15) is 0 Å². The Morgan fingerprint density at radius 1 is 1.08 bits per heavy atom. The highest BCUT2D eigenvalue weighted by atomic mass is 16.6. The van der Waals surface area contributed by atoms with Crippen LogP contribution in [0.1, 0.15) is 46.1 Å². The second-order valence-corrected chi connectivity index (χ2v) is 6.39. The monoisotopic (exact) mass is 342 g/mol. The Morgan fingerprint density at radius 2 is 1.60 bits per heavy atom. The number of carbonyl (C=O) groups is 2. The Balaban J connectivity index is 3.14. The summed E-state index contributed by atoms with van der Waals surface area (Å²) in [4.78, 5) is 25.4. The number of hydrogen-bond donors (Lipinski definition) is 0. The van der Waals surface area contributed by atoms with Gasteiger partial charge >= 0.3 is 11.9 Å². The molecular formula is C21H26O4. The summed E-state index contributed by atoms with van der Waals surface area (Å²) in [6.45, 7) is 6.91. The van der Waals surface area contributed by atoms with Gasteiger partial charge in [-0.25, -0.2) is 0 Å². The van der Waals surface area contributed by atoms with Crippen molar-refractivity contribution in [1.82, 2.24) is 0 Å². The van der Waals surface area contributed by atoms with E-state index in [1.807, 2.05) is 36.4 Å². The van der Waals surface area contributed by atoms with Gasteiger partial charge in [-0.15, -0.1) is 12.3 Å². The van der Waals surface area contributed by atoms with Crippen molar-refractivity contribution >= 4 is 18.0 Å². The predicted octanol–water partition coefficient (Wildman–Crippen LogP) is 4.00. The molecule has 0 saturated carbocycles. The van der Waals surface area contributed by atoms with Crippen LogP contribution in [0.2, 0.25) is 0 Å². The molecule has 0 unspecified atom stereocenters. The molecule has 0 N–H and O–H groups in total. The molecule has 0 aromatic heterocycles. The molecule has 0 aliphatic carbocycles. The summed E-state index contributed by atoms with van der Waals surface area (Å²) in [5.74, 6) is 1.13. The van der Waals surface area contributed by atoms with Crippen LogP contribution in [0, 0.1) is 17.8 Å². The van der Waals surface area contributed by atoms with Crippen LogP contribution < -0.4 is 0 Å². The first-order chi connectivity index (χ1) is 11.8. The lowest BCUT2D eigenvalue weighted by Crippen LogP contribution is -2.43. The first-order valence-electron chi connectivity index (χ1n) is 8.39. The van der Waals surface area contributed by atoms with Crippen LogP contribution in [0.5, 0.6) is 0 Å². The van der Waals surface area contributed by atoms with Crippen LogP contribution in [0.4, 0.5) is 0 Å². The maximum absolute atomic E-state index is 12.7. The van der Waals surface area contributed by atoms with E-state index in [9.17, 15) is 9.59 Å². The zero-order valence-electron chi connectivity index (χ0n) is 15.3. The summed E-state index contributed by atoms with van der Waals surface area (Å²) < 4.78 is 10.6. The molecular weight excluding hydrogens is 316 g/mol.